The van der Waals surface area contributed by atoms with Gasteiger partial charge in [0.05, 0.1) is 35.3 Å². The number of anilines is 1. The van der Waals surface area contributed by atoms with E-state index in [4.69, 9.17) is 9.72 Å². The number of aromatic nitrogens is 3. The van der Waals surface area contributed by atoms with Crippen molar-refractivity contribution in [1.29, 1.82) is 0 Å². The topological polar surface area (TPSA) is 141 Å². The van der Waals surface area contributed by atoms with E-state index in [-0.39, 0.29) is 35.3 Å². The summed E-state index contributed by atoms with van der Waals surface area (Å²) in [6, 6.07) is 29.1. The molecule has 6 aromatic rings. The Labute approximate surface area is 338 Å². The van der Waals surface area contributed by atoms with Crippen LogP contribution in [-0.2, 0) is 22.9 Å². The monoisotopic (exact) mass is 847 g/mol. The van der Waals surface area contributed by atoms with Gasteiger partial charge in [0, 0.05) is 65.3 Å². The van der Waals surface area contributed by atoms with Gasteiger partial charge in [-0.15, -0.1) is 0 Å². The molecule has 10 rings (SSSR count). The zero-order valence-corrected chi connectivity index (χ0v) is 34.0. The number of nitrogens with zero attached hydrogens (tertiary/aromatic N) is 5. The van der Waals surface area contributed by atoms with Gasteiger partial charge in [-0.1, -0.05) is 52.3 Å². The first-order valence-corrected chi connectivity index (χ1v) is 21.7. The van der Waals surface area contributed by atoms with E-state index in [2.05, 4.69) is 60.0 Å². The third-order valence-corrected chi connectivity index (χ3v) is 15.3. The van der Waals surface area contributed by atoms with Crippen molar-refractivity contribution in [2.24, 2.45) is 11.8 Å². The van der Waals surface area contributed by atoms with Crippen molar-refractivity contribution >= 4 is 65.3 Å². The maximum atomic E-state index is 14.5. The highest BCUT2D eigenvalue weighted by molar-refractivity contribution is 9.10. The zero-order chi connectivity index (χ0) is 39.2. The number of sulfone groups is 1. The van der Waals surface area contributed by atoms with Crippen molar-refractivity contribution in [2.45, 2.75) is 54.7 Å². The number of para-hydroxylation sites is 2. The first kappa shape index (κ1) is 36.2. The summed E-state index contributed by atoms with van der Waals surface area (Å²) < 4.78 is 39.5. The van der Waals surface area contributed by atoms with Crippen molar-refractivity contribution in [2.75, 3.05) is 32.1 Å². The second-order valence-electron chi connectivity index (χ2n) is 15.9. The molecule has 4 aromatic carbocycles. The highest BCUT2D eigenvalue weighted by Gasteiger charge is 2.73. The lowest BCUT2D eigenvalue weighted by atomic mass is 10.0. The van der Waals surface area contributed by atoms with E-state index in [9.17, 15) is 18.0 Å². The van der Waals surface area contributed by atoms with Crippen molar-refractivity contribution < 1.29 is 22.7 Å². The Bertz CT molecular complexity index is 2690. The van der Waals surface area contributed by atoms with Crippen LogP contribution in [0.4, 0.5) is 10.5 Å². The molecule has 4 aliphatic rings. The third-order valence-electron chi connectivity index (χ3n) is 12.3. The molecule has 5 heterocycles. The summed E-state index contributed by atoms with van der Waals surface area (Å²) in [5, 5.41) is 7.35. The van der Waals surface area contributed by atoms with Crippen molar-refractivity contribution in [3.05, 3.63) is 107 Å². The molecule has 2 unspecified atom stereocenters. The summed E-state index contributed by atoms with van der Waals surface area (Å²) in [6.45, 7) is 4.69. The summed E-state index contributed by atoms with van der Waals surface area (Å²) in [5.74, 6) is 1.77. The fourth-order valence-electron chi connectivity index (χ4n) is 9.00. The number of carbonyl (C=O) groups is 2. The molecule has 2 aromatic heterocycles. The van der Waals surface area contributed by atoms with E-state index >= 15 is 0 Å². The molecule has 0 radical (unpaired) electrons. The molecule has 0 bridgehead atoms. The maximum Gasteiger partial charge on any atom is 0.321 e. The lowest BCUT2D eigenvalue weighted by molar-refractivity contribution is 0.0722. The molecule has 3 amide bonds. The van der Waals surface area contributed by atoms with Gasteiger partial charge >= 0.3 is 6.03 Å². The predicted molar refractivity (Wildman–Crippen MR) is 222 cm³/mol. The highest BCUT2D eigenvalue weighted by Crippen LogP contribution is 2.48. The van der Waals surface area contributed by atoms with Crippen molar-refractivity contribution in [3.8, 4) is 17.3 Å². The summed E-state index contributed by atoms with van der Waals surface area (Å²) in [5.41, 5.74) is 4.66. The van der Waals surface area contributed by atoms with E-state index in [0.717, 1.165) is 44.6 Å². The number of rotatable bonds is 10. The number of likely N-dealkylation sites (tertiary alicyclic amines) is 2. The molecule has 3 aliphatic heterocycles. The van der Waals surface area contributed by atoms with Crippen LogP contribution >= 0.6 is 15.9 Å². The first-order valence-electron chi connectivity index (χ1n) is 19.4. The van der Waals surface area contributed by atoms with E-state index in [0.29, 0.717) is 42.4 Å². The van der Waals surface area contributed by atoms with E-state index in [1.807, 2.05) is 47.4 Å². The predicted octanol–water partition coefficient (Wildman–Crippen LogP) is 6.99. The van der Waals surface area contributed by atoms with Crippen molar-refractivity contribution in [1.82, 2.24) is 29.2 Å². The molecule has 1 aliphatic carbocycles. The standard InChI is InChI=1S/C43H42BrN7O5S/c1-26-43(57(54,55)33-16-14-31(44)15-17-33)38(47-43)25-49(26)41(52)30-18-34-39(37(20-30)56-2)51(24-28-21-48(22-28)42(53)45-32-9-4-3-5-10-32)40(46-34)36-19-29-8-6-7-11-35(29)50(36)23-27-12-13-27/h3-11,14-20,26-28,38,47H,12-13,21-25H2,1-2H3,(H,45,53)/t26?,38?,43-/m0/s1. The second kappa shape index (κ2) is 13.5. The number of hydrogen-bond donors (Lipinski definition) is 2. The van der Waals surface area contributed by atoms with E-state index in [1.54, 1.807) is 49.3 Å². The number of hydrogen-bond acceptors (Lipinski definition) is 7. The largest absolute Gasteiger partial charge is 0.494 e. The van der Waals surface area contributed by atoms with Gasteiger partial charge in [-0.25, -0.2) is 18.2 Å². The van der Waals surface area contributed by atoms with Crippen LogP contribution in [0, 0.1) is 11.8 Å². The molecule has 0 spiro atoms. The fourth-order valence-corrected chi connectivity index (χ4v) is 11.5. The minimum absolute atomic E-state index is 0.131. The van der Waals surface area contributed by atoms with E-state index < -0.39 is 20.8 Å². The van der Waals surface area contributed by atoms with Crippen LogP contribution in [0.2, 0.25) is 0 Å². The summed E-state index contributed by atoms with van der Waals surface area (Å²) >= 11 is 3.39. The van der Waals surface area contributed by atoms with Crippen LogP contribution in [0.5, 0.6) is 5.75 Å². The minimum Gasteiger partial charge on any atom is -0.494 e. The number of imidazole rings is 1. The lowest BCUT2D eigenvalue weighted by Crippen LogP contribution is -2.53. The van der Waals surface area contributed by atoms with Gasteiger partial charge in [0.1, 0.15) is 11.3 Å². The first-order chi connectivity index (χ1) is 27.6. The number of ether oxygens (including phenoxy) is 1. The van der Waals surface area contributed by atoms with Gasteiger partial charge < -0.3 is 29.0 Å². The van der Waals surface area contributed by atoms with Crippen LogP contribution in [0.25, 0.3) is 33.5 Å². The van der Waals surface area contributed by atoms with E-state index in [1.165, 1.54) is 12.8 Å². The molecule has 2 N–H and O–H groups in total. The number of fused-ring (bicyclic) bond motifs is 3. The molecule has 3 atom stereocenters. The van der Waals surface area contributed by atoms with Crippen LogP contribution < -0.4 is 15.4 Å². The minimum atomic E-state index is -3.81. The molecule has 57 heavy (non-hydrogen) atoms. The number of carbonyl (C=O) groups excluding carboxylic acids is 2. The molecule has 292 valence electrons. The van der Waals surface area contributed by atoms with Crippen molar-refractivity contribution in [3.63, 3.8) is 0 Å². The smallest absolute Gasteiger partial charge is 0.321 e. The number of halogens is 1. The van der Waals surface area contributed by atoms with Crippen LogP contribution in [0.15, 0.2) is 106 Å². The van der Waals surface area contributed by atoms with Gasteiger partial charge in [0.15, 0.2) is 10.7 Å². The average molecular weight is 849 g/mol. The number of amides is 3. The SMILES string of the molecule is COc1cc(C(=O)N2CC3N[C@]3(S(=O)(=O)c3ccc(Br)cc3)C2C)cc2nc(-c3cc4ccccc4n3CC3CC3)n(CC3CN(C(=O)Nc4ccccc4)C3)c12. The molecule has 14 heteroatoms. The summed E-state index contributed by atoms with van der Waals surface area (Å²) in [4.78, 5) is 35.3. The lowest BCUT2D eigenvalue weighted by Gasteiger charge is -2.39. The van der Waals surface area contributed by atoms with Gasteiger partial charge in [-0.05, 0) is 86.3 Å². The molecular weight excluding hydrogens is 806 g/mol. The number of urea groups is 1. The number of piperazine rings is 1. The normalized spacial score (nSPS) is 21.8. The Hall–Kier alpha value is -5.18. The van der Waals surface area contributed by atoms with Crippen LogP contribution in [-0.4, -0.2) is 88.0 Å². The molecule has 3 saturated heterocycles. The van der Waals surface area contributed by atoms with Crippen LogP contribution in [0.1, 0.15) is 30.1 Å². The van der Waals surface area contributed by atoms with Gasteiger partial charge in [0.2, 0.25) is 9.84 Å². The Morgan fingerprint density at radius 1 is 0.912 bits per heavy atom. The van der Waals surface area contributed by atoms with Gasteiger partial charge in [-0.2, -0.15) is 0 Å². The Morgan fingerprint density at radius 2 is 1.63 bits per heavy atom. The number of methoxy groups -OCH3 is 1. The number of nitrogens with one attached hydrogen (secondary N) is 2. The number of benzene rings is 4. The maximum absolute atomic E-state index is 14.5. The average Bonchev–Trinajstić information content (AvgIpc) is 4.07. The highest BCUT2D eigenvalue weighted by atomic mass is 79.9. The third kappa shape index (κ3) is 5.94. The molecular formula is C43H42BrN7O5S. The Morgan fingerprint density at radius 3 is 2.37 bits per heavy atom. The summed E-state index contributed by atoms with van der Waals surface area (Å²) in [6.07, 6.45) is 2.39. The Balaban J connectivity index is 1.01. The molecule has 4 fully saturated rings. The second-order valence-corrected chi connectivity index (χ2v) is 19.0. The van der Waals surface area contributed by atoms with Gasteiger partial charge in [-0.3, -0.25) is 10.1 Å². The molecule has 1 saturated carbocycles. The quantitative estimate of drug-likeness (QED) is 0.142. The molecule has 12 nitrogen and oxygen atoms in total. The Kier molecular flexibility index (Phi) is 8.54. The fraction of sp³-hybridized carbons (Fsp3) is 0.326. The zero-order valence-electron chi connectivity index (χ0n) is 31.6. The van der Waals surface area contributed by atoms with Gasteiger partial charge in [0.25, 0.3) is 5.91 Å². The van der Waals surface area contributed by atoms with Crippen LogP contribution in [0.3, 0.4) is 0 Å². The summed E-state index contributed by atoms with van der Waals surface area (Å²) in [7, 11) is -2.21.